The van der Waals surface area contributed by atoms with Gasteiger partial charge < -0.3 is 20.5 Å². The van der Waals surface area contributed by atoms with E-state index in [1.165, 1.54) is 16.4 Å². The molecule has 2 saturated heterocycles. The number of aliphatic hydroxyl groups is 1. The largest absolute Gasteiger partial charge is 0.391 e. The monoisotopic (exact) mass is 419 g/mol. The number of nitrogens with one attached hydrogen (secondary N) is 2. The molecule has 152 valence electrons. The SMILES string of the molecule is Cc1ccc(S(=O)(=O)N2CCOCC2)cc1C(=O)NCC1CNCC1O.Cl. The number of sulfonamides is 1. The predicted molar refractivity (Wildman–Crippen MR) is 103 cm³/mol. The van der Waals surface area contributed by atoms with Crippen molar-refractivity contribution in [3.8, 4) is 0 Å². The number of amides is 1. The molecule has 3 N–H and O–H groups in total. The number of halogens is 1. The Bertz CT molecular complexity index is 768. The highest BCUT2D eigenvalue weighted by Crippen LogP contribution is 2.21. The normalized spacial score (nSPS) is 23.6. The van der Waals surface area contributed by atoms with Crippen LogP contribution in [0.2, 0.25) is 0 Å². The van der Waals surface area contributed by atoms with E-state index in [1.807, 2.05) is 0 Å². The molecule has 2 heterocycles. The molecule has 2 atom stereocenters. The fourth-order valence-electron chi connectivity index (χ4n) is 3.19. The number of ether oxygens (including phenoxy) is 1. The van der Waals surface area contributed by atoms with Gasteiger partial charge in [-0.25, -0.2) is 8.42 Å². The summed E-state index contributed by atoms with van der Waals surface area (Å²) in [5, 5.41) is 15.7. The van der Waals surface area contributed by atoms with Crippen LogP contribution in [-0.4, -0.2) is 75.8 Å². The maximum atomic E-state index is 12.8. The fourth-order valence-corrected chi connectivity index (χ4v) is 4.62. The summed E-state index contributed by atoms with van der Waals surface area (Å²) in [7, 11) is -3.65. The molecule has 0 saturated carbocycles. The molecule has 0 aromatic heterocycles. The smallest absolute Gasteiger partial charge is 0.251 e. The number of nitrogens with zero attached hydrogens (tertiary/aromatic N) is 1. The Morgan fingerprint density at radius 1 is 1.33 bits per heavy atom. The van der Waals surface area contributed by atoms with Crippen LogP contribution in [0.5, 0.6) is 0 Å². The van der Waals surface area contributed by atoms with E-state index in [9.17, 15) is 18.3 Å². The van der Waals surface area contributed by atoms with Crippen LogP contribution in [0, 0.1) is 12.8 Å². The minimum atomic E-state index is -3.65. The highest BCUT2D eigenvalue weighted by Gasteiger charge is 2.28. The van der Waals surface area contributed by atoms with Crippen LogP contribution in [0.4, 0.5) is 0 Å². The molecule has 3 rings (SSSR count). The highest BCUT2D eigenvalue weighted by atomic mass is 35.5. The number of hydrogen-bond donors (Lipinski definition) is 3. The molecule has 0 bridgehead atoms. The van der Waals surface area contributed by atoms with Gasteiger partial charge in [-0.1, -0.05) is 6.07 Å². The average molecular weight is 420 g/mol. The Hall–Kier alpha value is -1.23. The summed E-state index contributed by atoms with van der Waals surface area (Å²) < 4.78 is 32.1. The Morgan fingerprint density at radius 3 is 2.67 bits per heavy atom. The number of β-amino-alcohol motifs (C(OH)–C–C–N with tert-alkyl or cyclic N) is 1. The van der Waals surface area contributed by atoms with E-state index < -0.39 is 16.1 Å². The minimum Gasteiger partial charge on any atom is -0.391 e. The number of benzene rings is 1. The second-order valence-corrected chi connectivity index (χ2v) is 8.63. The Labute approximate surface area is 165 Å². The van der Waals surface area contributed by atoms with Crippen LogP contribution in [-0.2, 0) is 14.8 Å². The van der Waals surface area contributed by atoms with Gasteiger partial charge in [0.15, 0.2) is 0 Å². The van der Waals surface area contributed by atoms with Crippen molar-refractivity contribution >= 4 is 28.3 Å². The lowest BCUT2D eigenvalue weighted by atomic mass is 10.1. The molecule has 1 aromatic rings. The van der Waals surface area contributed by atoms with Gasteiger partial charge in [0.25, 0.3) is 5.91 Å². The summed E-state index contributed by atoms with van der Waals surface area (Å²) in [4.78, 5) is 12.7. The van der Waals surface area contributed by atoms with Gasteiger partial charge in [0, 0.05) is 44.2 Å². The van der Waals surface area contributed by atoms with E-state index >= 15 is 0 Å². The van der Waals surface area contributed by atoms with Crippen molar-refractivity contribution in [1.29, 1.82) is 0 Å². The van der Waals surface area contributed by atoms with Gasteiger partial charge in [-0.2, -0.15) is 4.31 Å². The van der Waals surface area contributed by atoms with E-state index in [0.29, 0.717) is 57.1 Å². The zero-order chi connectivity index (χ0) is 18.7. The van der Waals surface area contributed by atoms with Gasteiger partial charge in [-0.15, -0.1) is 12.4 Å². The first-order valence-corrected chi connectivity index (χ1v) is 10.2. The standard InChI is InChI=1S/C17H25N3O5S.ClH/c1-12-2-3-14(26(23,24)20-4-6-25-7-5-20)8-15(12)17(22)19-10-13-9-18-11-16(13)21;/h2-3,8,13,16,18,21H,4-7,9-11H2,1H3,(H,19,22);1H. The number of rotatable bonds is 5. The van der Waals surface area contributed by atoms with Crippen LogP contribution in [0.15, 0.2) is 23.1 Å². The maximum absolute atomic E-state index is 12.8. The summed E-state index contributed by atoms with van der Waals surface area (Å²) in [5.74, 6) is -0.375. The lowest BCUT2D eigenvalue weighted by molar-refractivity contribution is 0.0730. The molecule has 2 aliphatic rings. The average Bonchev–Trinajstić information content (AvgIpc) is 3.05. The van der Waals surface area contributed by atoms with Gasteiger partial charge in [-0.05, 0) is 24.6 Å². The third-order valence-corrected chi connectivity index (χ3v) is 6.79. The van der Waals surface area contributed by atoms with Crippen LogP contribution < -0.4 is 10.6 Å². The number of hydrogen-bond acceptors (Lipinski definition) is 6. The van der Waals surface area contributed by atoms with Gasteiger partial charge in [0.1, 0.15) is 0 Å². The molecule has 1 amide bonds. The van der Waals surface area contributed by atoms with Crippen molar-refractivity contribution in [1.82, 2.24) is 14.9 Å². The molecule has 10 heteroatoms. The molecule has 2 aliphatic heterocycles. The summed E-state index contributed by atoms with van der Waals surface area (Å²) in [6, 6.07) is 4.61. The van der Waals surface area contributed by atoms with Crippen LogP contribution in [0.1, 0.15) is 15.9 Å². The second-order valence-electron chi connectivity index (χ2n) is 6.69. The zero-order valence-electron chi connectivity index (χ0n) is 15.2. The van der Waals surface area contributed by atoms with Crippen molar-refractivity contribution in [3.63, 3.8) is 0 Å². The van der Waals surface area contributed by atoms with Gasteiger partial charge >= 0.3 is 0 Å². The third kappa shape index (κ3) is 4.98. The molecule has 1 aromatic carbocycles. The fraction of sp³-hybridized carbons (Fsp3) is 0.588. The number of morpholine rings is 1. The number of carbonyl (C=O) groups excluding carboxylic acids is 1. The van der Waals surface area contributed by atoms with Crippen LogP contribution >= 0.6 is 12.4 Å². The highest BCUT2D eigenvalue weighted by molar-refractivity contribution is 7.89. The van der Waals surface area contributed by atoms with E-state index in [2.05, 4.69) is 10.6 Å². The van der Waals surface area contributed by atoms with Crippen molar-refractivity contribution in [2.24, 2.45) is 5.92 Å². The molecule has 2 unspecified atom stereocenters. The zero-order valence-corrected chi connectivity index (χ0v) is 16.8. The van der Waals surface area contributed by atoms with Crippen molar-refractivity contribution in [2.45, 2.75) is 17.9 Å². The Balaban J connectivity index is 0.00000261. The quantitative estimate of drug-likeness (QED) is 0.607. The lowest BCUT2D eigenvalue weighted by Crippen LogP contribution is -2.40. The topological polar surface area (TPSA) is 108 Å². The predicted octanol–water partition coefficient (Wildman–Crippen LogP) is -0.252. The Kier molecular flexibility index (Phi) is 7.61. The first kappa shape index (κ1) is 22.1. The summed E-state index contributed by atoms with van der Waals surface area (Å²) in [6.45, 7) is 4.64. The van der Waals surface area contributed by atoms with E-state index in [4.69, 9.17) is 4.74 Å². The number of aliphatic hydroxyl groups excluding tert-OH is 1. The first-order chi connectivity index (χ1) is 12.4. The molecule has 0 aliphatic carbocycles. The van der Waals surface area contributed by atoms with Crippen molar-refractivity contribution < 1.29 is 23.1 Å². The molecular weight excluding hydrogens is 394 g/mol. The van der Waals surface area contributed by atoms with E-state index in [1.54, 1.807) is 13.0 Å². The number of aryl methyl sites for hydroxylation is 1. The third-order valence-electron chi connectivity index (χ3n) is 4.89. The lowest BCUT2D eigenvalue weighted by Gasteiger charge is -2.26. The molecule has 2 fully saturated rings. The van der Waals surface area contributed by atoms with Gasteiger partial charge in [0.2, 0.25) is 10.0 Å². The summed E-state index contributed by atoms with van der Waals surface area (Å²) in [5.41, 5.74) is 1.04. The first-order valence-electron chi connectivity index (χ1n) is 8.75. The molecule has 0 radical (unpaired) electrons. The number of carbonyl (C=O) groups is 1. The minimum absolute atomic E-state index is 0. The van der Waals surface area contributed by atoms with Gasteiger partial charge in [-0.3, -0.25) is 4.79 Å². The van der Waals surface area contributed by atoms with Crippen molar-refractivity contribution in [3.05, 3.63) is 29.3 Å². The van der Waals surface area contributed by atoms with Crippen LogP contribution in [0.25, 0.3) is 0 Å². The Morgan fingerprint density at radius 2 is 2.04 bits per heavy atom. The maximum Gasteiger partial charge on any atom is 0.251 e. The summed E-state index contributed by atoms with van der Waals surface area (Å²) in [6.07, 6.45) is -0.482. The van der Waals surface area contributed by atoms with Crippen LogP contribution in [0.3, 0.4) is 0 Å². The van der Waals surface area contributed by atoms with Gasteiger partial charge in [0.05, 0.1) is 24.2 Å². The second kappa shape index (κ2) is 9.31. The molecule has 27 heavy (non-hydrogen) atoms. The van der Waals surface area contributed by atoms with Crippen molar-refractivity contribution in [2.75, 3.05) is 45.9 Å². The van der Waals surface area contributed by atoms with E-state index in [-0.39, 0.29) is 29.1 Å². The summed E-state index contributed by atoms with van der Waals surface area (Å²) >= 11 is 0. The molecule has 0 spiro atoms. The molecule has 8 nitrogen and oxygen atoms in total. The molecular formula is C17H26ClN3O5S. The van der Waals surface area contributed by atoms with E-state index in [0.717, 1.165) is 0 Å².